The summed E-state index contributed by atoms with van der Waals surface area (Å²) >= 11 is 0.908. The molecule has 118 valence electrons. The van der Waals surface area contributed by atoms with Gasteiger partial charge in [-0.2, -0.15) is 0 Å². The number of carbonyl (C=O) groups is 6. The first kappa shape index (κ1) is 16.3. The summed E-state index contributed by atoms with van der Waals surface area (Å²) in [7, 11) is 0. The van der Waals surface area contributed by atoms with Crippen LogP contribution in [0.2, 0.25) is 0 Å². The van der Waals surface area contributed by atoms with Crippen molar-refractivity contribution in [3.05, 3.63) is 0 Å². The fourth-order valence-electron chi connectivity index (χ4n) is 1.87. The maximum atomic E-state index is 12.0. The Hall–Kier alpha value is -2.08. The summed E-state index contributed by atoms with van der Waals surface area (Å²) in [6, 6.07) is 0. The molecule has 0 bridgehead atoms. The number of nitrogens with zero attached hydrogens (tertiary/aromatic N) is 2. The van der Waals surface area contributed by atoms with Gasteiger partial charge in [0.15, 0.2) is 0 Å². The zero-order valence-corrected chi connectivity index (χ0v) is 12.3. The number of amides is 4. The second-order valence-corrected chi connectivity index (χ2v) is 6.43. The minimum Gasteiger partial charge on any atom is -0.480 e. The molecule has 0 aliphatic carbocycles. The van der Waals surface area contributed by atoms with Crippen LogP contribution in [0, 0.1) is 0 Å². The average molecular weight is 348 g/mol. The summed E-state index contributed by atoms with van der Waals surface area (Å²) in [6.45, 7) is -1.67. The molecule has 2 fully saturated rings. The van der Waals surface area contributed by atoms with Crippen molar-refractivity contribution in [1.29, 1.82) is 0 Å². The van der Waals surface area contributed by atoms with Crippen LogP contribution in [0.5, 0.6) is 0 Å². The Kier molecular flexibility index (Phi) is 4.42. The first-order valence-corrected chi connectivity index (χ1v) is 7.46. The summed E-state index contributed by atoms with van der Waals surface area (Å²) in [4.78, 5) is 69.5. The SMILES string of the molecule is O=C(O)CN1C(=O)S[C@@H]([C@H]2SC(=O)N(CC(=O)O)C2=O)C1=O. The van der Waals surface area contributed by atoms with Gasteiger partial charge >= 0.3 is 11.9 Å². The second-order valence-electron chi connectivity index (χ2n) is 4.24. The molecule has 2 rings (SSSR count). The van der Waals surface area contributed by atoms with E-state index in [-0.39, 0.29) is 0 Å². The third kappa shape index (κ3) is 2.92. The van der Waals surface area contributed by atoms with E-state index in [2.05, 4.69) is 0 Å². The van der Waals surface area contributed by atoms with Crippen molar-refractivity contribution in [2.45, 2.75) is 10.5 Å². The summed E-state index contributed by atoms with van der Waals surface area (Å²) in [5, 5.41) is 13.1. The number of carboxylic acid groups (broad SMARTS) is 2. The van der Waals surface area contributed by atoms with Gasteiger partial charge in [-0.25, -0.2) is 0 Å². The molecule has 0 aromatic carbocycles. The number of rotatable bonds is 5. The maximum absolute atomic E-state index is 12.0. The van der Waals surface area contributed by atoms with Crippen molar-refractivity contribution in [3.8, 4) is 0 Å². The Labute approximate surface area is 130 Å². The minimum atomic E-state index is -1.39. The monoisotopic (exact) mass is 348 g/mol. The third-order valence-corrected chi connectivity index (χ3v) is 5.25. The van der Waals surface area contributed by atoms with Crippen molar-refractivity contribution >= 4 is 57.8 Å². The lowest BCUT2D eigenvalue weighted by atomic mass is 10.2. The number of imide groups is 2. The van der Waals surface area contributed by atoms with E-state index in [4.69, 9.17) is 10.2 Å². The topological polar surface area (TPSA) is 149 Å². The van der Waals surface area contributed by atoms with Crippen LogP contribution >= 0.6 is 23.5 Å². The number of hydrogen-bond acceptors (Lipinski definition) is 8. The van der Waals surface area contributed by atoms with E-state index < -0.39 is 57.8 Å². The molecule has 4 amide bonds. The van der Waals surface area contributed by atoms with Crippen LogP contribution < -0.4 is 0 Å². The number of aliphatic carboxylic acids is 2. The average Bonchev–Trinajstić information content (AvgIpc) is 2.82. The Morgan fingerprint density at radius 2 is 1.14 bits per heavy atom. The van der Waals surface area contributed by atoms with Crippen LogP contribution in [-0.4, -0.2) is 77.8 Å². The normalized spacial score (nSPS) is 25.3. The molecule has 0 spiro atoms. The fraction of sp³-hybridized carbons (Fsp3) is 0.400. The van der Waals surface area contributed by atoms with Gasteiger partial charge in [0.1, 0.15) is 23.6 Å². The summed E-state index contributed by atoms with van der Waals surface area (Å²) in [6.07, 6.45) is 0. The van der Waals surface area contributed by atoms with E-state index in [1.165, 1.54) is 0 Å². The van der Waals surface area contributed by atoms with Crippen LogP contribution in [0.15, 0.2) is 0 Å². The van der Waals surface area contributed by atoms with Crippen LogP contribution in [-0.2, 0) is 19.2 Å². The molecular formula is C10H8N2O8S2. The van der Waals surface area contributed by atoms with E-state index >= 15 is 0 Å². The van der Waals surface area contributed by atoms with Crippen LogP contribution in [0.1, 0.15) is 0 Å². The van der Waals surface area contributed by atoms with E-state index in [0.29, 0.717) is 33.3 Å². The minimum absolute atomic E-state index is 0.454. The molecule has 22 heavy (non-hydrogen) atoms. The summed E-state index contributed by atoms with van der Waals surface area (Å²) in [5.74, 6) is -4.55. The van der Waals surface area contributed by atoms with Gasteiger partial charge in [0.05, 0.1) is 0 Å². The van der Waals surface area contributed by atoms with Crippen molar-refractivity contribution < 1.29 is 39.0 Å². The first-order valence-electron chi connectivity index (χ1n) is 5.70. The highest BCUT2D eigenvalue weighted by atomic mass is 32.2. The van der Waals surface area contributed by atoms with E-state index in [1.807, 2.05) is 0 Å². The highest BCUT2D eigenvalue weighted by Crippen LogP contribution is 2.39. The first-order chi connectivity index (χ1) is 10.2. The molecule has 2 heterocycles. The number of thioether (sulfide) groups is 2. The molecule has 2 aliphatic rings. The predicted octanol–water partition coefficient (Wildman–Crippen LogP) is -0.716. The molecule has 0 unspecified atom stereocenters. The lowest BCUT2D eigenvalue weighted by molar-refractivity contribution is -0.143. The summed E-state index contributed by atoms with van der Waals surface area (Å²) < 4.78 is 0. The van der Waals surface area contributed by atoms with Gasteiger partial charge in [0, 0.05) is 0 Å². The molecular weight excluding hydrogens is 340 g/mol. The number of carbonyl (C=O) groups excluding carboxylic acids is 4. The molecule has 2 saturated heterocycles. The lowest BCUT2D eigenvalue weighted by Gasteiger charge is -2.14. The van der Waals surface area contributed by atoms with E-state index in [1.54, 1.807) is 0 Å². The predicted molar refractivity (Wildman–Crippen MR) is 72.2 cm³/mol. The quantitative estimate of drug-likeness (QED) is 0.652. The smallest absolute Gasteiger partial charge is 0.323 e. The van der Waals surface area contributed by atoms with Crippen molar-refractivity contribution in [2.24, 2.45) is 0 Å². The lowest BCUT2D eigenvalue weighted by Crippen LogP contribution is -2.42. The molecule has 10 nitrogen and oxygen atoms in total. The van der Waals surface area contributed by atoms with Gasteiger partial charge in [-0.15, -0.1) is 0 Å². The highest BCUT2D eigenvalue weighted by Gasteiger charge is 2.53. The molecule has 2 aliphatic heterocycles. The molecule has 2 atom stereocenters. The van der Waals surface area contributed by atoms with Gasteiger partial charge in [0.2, 0.25) is 11.8 Å². The van der Waals surface area contributed by atoms with Crippen LogP contribution in [0.4, 0.5) is 9.59 Å². The molecule has 12 heteroatoms. The van der Waals surface area contributed by atoms with Crippen molar-refractivity contribution in [2.75, 3.05) is 13.1 Å². The molecule has 0 saturated carbocycles. The van der Waals surface area contributed by atoms with Crippen molar-refractivity contribution in [3.63, 3.8) is 0 Å². The second kappa shape index (κ2) is 5.96. The van der Waals surface area contributed by atoms with Gasteiger partial charge in [0.25, 0.3) is 10.5 Å². The molecule has 0 aromatic heterocycles. The Balaban J connectivity index is 2.16. The zero-order valence-electron chi connectivity index (χ0n) is 10.6. The Bertz CT molecular complexity index is 554. The summed E-state index contributed by atoms with van der Waals surface area (Å²) in [5.41, 5.74) is 0. The van der Waals surface area contributed by atoms with Gasteiger partial charge in [-0.05, 0) is 23.5 Å². The van der Waals surface area contributed by atoms with E-state index in [0.717, 1.165) is 0 Å². The highest BCUT2D eigenvalue weighted by molar-refractivity contribution is 8.19. The Morgan fingerprint density at radius 1 is 0.818 bits per heavy atom. The molecule has 0 radical (unpaired) electrons. The largest absolute Gasteiger partial charge is 0.480 e. The standard InChI is InChI=1S/C10H8N2O8S2/c13-3(14)1-11-7(17)5(21-9(11)19)6-8(18)12(2-4(15)16)10(20)22-6/h5-6H,1-2H2,(H,13,14)(H,15,16)/t5-,6+. The van der Waals surface area contributed by atoms with E-state index in [9.17, 15) is 28.8 Å². The Morgan fingerprint density at radius 3 is 1.41 bits per heavy atom. The van der Waals surface area contributed by atoms with Gasteiger partial charge in [-0.1, -0.05) is 0 Å². The van der Waals surface area contributed by atoms with Crippen LogP contribution in [0.25, 0.3) is 0 Å². The number of hydrogen-bond donors (Lipinski definition) is 2. The van der Waals surface area contributed by atoms with Gasteiger partial charge in [-0.3, -0.25) is 38.6 Å². The zero-order chi connectivity index (χ0) is 16.6. The number of carboxylic acids is 2. The van der Waals surface area contributed by atoms with Crippen LogP contribution in [0.3, 0.4) is 0 Å². The fourth-order valence-corrected chi connectivity index (χ4v) is 4.14. The maximum Gasteiger partial charge on any atom is 0.323 e. The van der Waals surface area contributed by atoms with Crippen molar-refractivity contribution in [1.82, 2.24) is 9.80 Å². The third-order valence-electron chi connectivity index (χ3n) is 2.78. The molecule has 2 N–H and O–H groups in total. The molecule has 0 aromatic rings. The van der Waals surface area contributed by atoms with Gasteiger partial charge < -0.3 is 10.2 Å².